The lowest BCUT2D eigenvalue weighted by Gasteiger charge is -2.24. The quantitative estimate of drug-likeness (QED) is 0.789. The van der Waals surface area contributed by atoms with Crippen LogP contribution in [0, 0.1) is 6.92 Å². The van der Waals surface area contributed by atoms with Crippen molar-refractivity contribution in [2.45, 2.75) is 11.8 Å². The number of benzene rings is 1. The first-order valence-electron chi connectivity index (χ1n) is 4.78. The molecule has 1 aliphatic heterocycles. The van der Waals surface area contributed by atoms with E-state index in [-0.39, 0.29) is 11.4 Å². The zero-order chi connectivity index (χ0) is 11.8. The highest BCUT2D eigenvalue weighted by Gasteiger charge is 2.24. The average molecular weight is 242 g/mol. The highest BCUT2D eigenvalue weighted by molar-refractivity contribution is 7.90. The van der Waals surface area contributed by atoms with Gasteiger partial charge in [-0.25, -0.2) is 4.39 Å². The first-order valence-corrected chi connectivity index (χ1v) is 6.22. The molecule has 0 saturated heterocycles. The first kappa shape index (κ1) is 11.1. The van der Waals surface area contributed by atoms with E-state index in [0.717, 1.165) is 11.9 Å². The molecule has 2 rings (SSSR count). The minimum Gasteiger partial charge on any atom is -0.328 e. The van der Waals surface area contributed by atoms with Crippen LogP contribution in [0.3, 0.4) is 0 Å². The Morgan fingerprint density at radius 3 is 2.88 bits per heavy atom. The number of hydrogen-bond acceptors (Lipinski definition) is 3. The van der Waals surface area contributed by atoms with Gasteiger partial charge in [0.05, 0.1) is 12.2 Å². The molecular formula is C10H11FN2O2S. The van der Waals surface area contributed by atoms with E-state index in [9.17, 15) is 12.8 Å². The van der Waals surface area contributed by atoms with Crippen LogP contribution in [-0.2, 0) is 10.0 Å². The van der Waals surface area contributed by atoms with Crippen LogP contribution in [-0.4, -0.2) is 28.0 Å². The molecule has 0 amide bonds. The summed E-state index contributed by atoms with van der Waals surface area (Å²) in [6, 6.07) is 5.01. The summed E-state index contributed by atoms with van der Waals surface area (Å²) in [5.41, 5.74) is 1.32. The van der Waals surface area contributed by atoms with E-state index < -0.39 is 16.7 Å². The molecule has 1 aliphatic rings. The fourth-order valence-corrected chi connectivity index (χ4v) is 2.71. The van der Waals surface area contributed by atoms with Crippen LogP contribution < -0.4 is 4.90 Å². The third-order valence-corrected chi connectivity index (χ3v) is 3.61. The lowest BCUT2D eigenvalue weighted by molar-refractivity contribution is 0.503. The Bertz CT molecular complexity index is 540. The molecule has 0 N–H and O–H groups in total. The van der Waals surface area contributed by atoms with Crippen molar-refractivity contribution in [3.63, 3.8) is 0 Å². The van der Waals surface area contributed by atoms with Crippen LogP contribution in [0.15, 0.2) is 27.5 Å². The third kappa shape index (κ3) is 1.80. The molecule has 1 aromatic carbocycles. The Kier molecular flexibility index (Phi) is 2.67. The molecule has 6 heteroatoms. The molecule has 0 saturated carbocycles. The lowest BCUT2D eigenvalue weighted by atomic mass is 10.2. The van der Waals surface area contributed by atoms with Crippen LogP contribution in [0.1, 0.15) is 5.56 Å². The molecule has 0 unspecified atom stereocenters. The number of hydrogen-bond donors (Lipinski definition) is 0. The molecule has 1 heterocycles. The fraction of sp³-hybridized carbons (Fsp3) is 0.300. The summed E-state index contributed by atoms with van der Waals surface area (Å²) < 4.78 is 39.1. The minimum absolute atomic E-state index is 0.106. The number of aryl methyl sites for hydroxylation is 1. The molecule has 0 aromatic heterocycles. The van der Waals surface area contributed by atoms with Gasteiger partial charge < -0.3 is 4.90 Å². The van der Waals surface area contributed by atoms with Gasteiger partial charge in [-0.1, -0.05) is 6.07 Å². The van der Waals surface area contributed by atoms with Gasteiger partial charge >= 0.3 is 0 Å². The second kappa shape index (κ2) is 3.86. The van der Waals surface area contributed by atoms with Gasteiger partial charge in [-0.05, 0) is 24.6 Å². The highest BCUT2D eigenvalue weighted by Crippen LogP contribution is 2.30. The van der Waals surface area contributed by atoms with Crippen molar-refractivity contribution in [1.29, 1.82) is 0 Å². The van der Waals surface area contributed by atoms with Crippen molar-refractivity contribution in [3.8, 4) is 0 Å². The first-order chi connectivity index (χ1) is 7.54. The van der Waals surface area contributed by atoms with Gasteiger partial charge in [0.15, 0.2) is 0 Å². The summed E-state index contributed by atoms with van der Waals surface area (Å²) in [5, 5.41) is 0. The van der Waals surface area contributed by atoms with Crippen molar-refractivity contribution in [1.82, 2.24) is 0 Å². The van der Waals surface area contributed by atoms with Gasteiger partial charge in [-0.15, -0.1) is 4.40 Å². The molecule has 0 bridgehead atoms. The number of nitrogens with zero attached hydrogens (tertiary/aromatic N) is 2. The van der Waals surface area contributed by atoms with Gasteiger partial charge in [0.2, 0.25) is 0 Å². The van der Waals surface area contributed by atoms with Gasteiger partial charge in [0.1, 0.15) is 17.9 Å². The van der Waals surface area contributed by atoms with E-state index >= 15 is 0 Å². The van der Waals surface area contributed by atoms with Crippen molar-refractivity contribution >= 4 is 22.0 Å². The number of alkyl halides is 1. The molecular weight excluding hydrogens is 231 g/mol. The second-order valence-electron chi connectivity index (χ2n) is 3.55. The normalized spacial score (nSPS) is 17.2. The second-order valence-corrected chi connectivity index (χ2v) is 5.15. The van der Waals surface area contributed by atoms with E-state index in [0.29, 0.717) is 5.69 Å². The molecule has 16 heavy (non-hydrogen) atoms. The lowest BCUT2D eigenvalue weighted by Crippen LogP contribution is -2.29. The summed E-state index contributed by atoms with van der Waals surface area (Å²) in [5.74, 6) is 0. The van der Waals surface area contributed by atoms with E-state index in [4.69, 9.17) is 0 Å². The molecule has 0 radical (unpaired) electrons. The number of sulfonamides is 1. The van der Waals surface area contributed by atoms with E-state index in [2.05, 4.69) is 4.40 Å². The van der Waals surface area contributed by atoms with Crippen LogP contribution in [0.25, 0.3) is 0 Å². The highest BCUT2D eigenvalue weighted by atomic mass is 32.2. The number of halogens is 1. The fourth-order valence-electron chi connectivity index (χ4n) is 1.57. The Morgan fingerprint density at radius 1 is 1.44 bits per heavy atom. The predicted octanol–water partition coefficient (Wildman–Crippen LogP) is 1.50. The van der Waals surface area contributed by atoms with Crippen LogP contribution >= 0.6 is 0 Å². The van der Waals surface area contributed by atoms with Crippen molar-refractivity contribution in [2.75, 3.05) is 18.1 Å². The van der Waals surface area contributed by atoms with E-state index in [1.807, 2.05) is 0 Å². The maximum absolute atomic E-state index is 12.3. The number of anilines is 1. The summed E-state index contributed by atoms with van der Waals surface area (Å²) >= 11 is 0. The SMILES string of the molecule is Cc1ccc2c(c1)S(=O)(=O)N=CN2CCF. The molecule has 4 nitrogen and oxygen atoms in total. The van der Waals surface area contributed by atoms with Crippen LogP contribution in [0.2, 0.25) is 0 Å². The summed E-state index contributed by atoms with van der Waals surface area (Å²) in [6.45, 7) is 1.35. The molecule has 0 fully saturated rings. The zero-order valence-corrected chi connectivity index (χ0v) is 9.54. The topological polar surface area (TPSA) is 49.7 Å². The summed E-state index contributed by atoms with van der Waals surface area (Å²) in [6.07, 6.45) is 1.16. The van der Waals surface area contributed by atoms with Gasteiger partial charge in [0.25, 0.3) is 10.0 Å². The Balaban J connectivity index is 2.59. The maximum Gasteiger partial charge on any atom is 0.285 e. The summed E-state index contributed by atoms with van der Waals surface area (Å²) in [7, 11) is -3.61. The molecule has 0 atom stereocenters. The molecule has 86 valence electrons. The zero-order valence-electron chi connectivity index (χ0n) is 8.72. The van der Waals surface area contributed by atoms with Gasteiger partial charge in [-0.3, -0.25) is 0 Å². The summed E-state index contributed by atoms with van der Waals surface area (Å²) in [4.78, 5) is 1.64. The monoisotopic (exact) mass is 242 g/mol. The minimum atomic E-state index is -3.61. The molecule has 0 aliphatic carbocycles. The van der Waals surface area contributed by atoms with E-state index in [1.165, 1.54) is 4.90 Å². The Hall–Kier alpha value is -1.43. The van der Waals surface area contributed by atoms with Gasteiger partial charge in [0, 0.05) is 0 Å². The molecule has 1 aromatic rings. The van der Waals surface area contributed by atoms with Crippen LogP contribution in [0.4, 0.5) is 10.1 Å². The Labute approximate surface area is 93.5 Å². The number of rotatable bonds is 2. The predicted molar refractivity (Wildman–Crippen MR) is 60.2 cm³/mol. The smallest absolute Gasteiger partial charge is 0.285 e. The average Bonchev–Trinajstić information content (AvgIpc) is 2.23. The van der Waals surface area contributed by atoms with Crippen molar-refractivity contribution < 1.29 is 12.8 Å². The largest absolute Gasteiger partial charge is 0.328 e. The van der Waals surface area contributed by atoms with Crippen LogP contribution in [0.5, 0.6) is 0 Å². The third-order valence-electron chi connectivity index (χ3n) is 2.35. The standard InChI is InChI=1S/C10H11FN2O2S/c1-8-2-3-9-10(6-8)16(14,15)12-7-13(9)5-4-11/h2-3,6-7H,4-5H2,1H3. The van der Waals surface area contributed by atoms with Crippen molar-refractivity contribution in [3.05, 3.63) is 23.8 Å². The Morgan fingerprint density at radius 2 is 2.19 bits per heavy atom. The van der Waals surface area contributed by atoms with Gasteiger partial charge in [-0.2, -0.15) is 8.42 Å². The van der Waals surface area contributed by atoms with E-state index in [1.54, 1.807) is 25.1 Å². The maximum atomic E-state index is 12.3. The van der Waals surface area contributed by atoms with Crippen molar-refractivity contribution in [2.24, 2.45) is 4.40 Å². The molecule has 0 spiro atoms. The number of fused-ring (bicyclic) bond motifs is 1.